The van der Waals surface area contributed by atoms with Crippen molar-refractivity contribution in [1.29, 1.82) is 0 Å². The average Bonchev–Trinajstić information content (AvgIpc) is 2.28. The highest BCUT2D eigenvalue weighted by Gasteiger charge is 2.06. The van der Waals surface area contributed by atoms with Crippen LogP contribution in [0.5, 0.6) is 0 Å². The van der Waals surface area contributed by atoms with Crippen molar-refractivity contribution in [3.05, 3.63) is 0 Å². The zero-order valence-corrected chi connectivity index (χ0v) is 10.8. The van der Waals surface area contributed by atoms with Gasteiger partial charge in [-0.25, -0.2) is 9.98 Å². The van der Waals surface area contributed by atoms with Crippen LogP contribution in [0.15, 0.2) is 9.98 Å². The Morgan fingerprint density at radius 3 is 2.69 bits per heavy atom. The van der Waals surface area contributed by atoms with Crippen molar-refractivity contribution in [3.8, 4) is 0 Å². The lowest BCUT2D eigenvalue weighted by Gasteiger charge is -2.08. The quantitative estimate of drug-likeness (QED) is 0.394. The van der Waals surface area contributed by atoms with E-state index in [4.69, 9.17) is 4.74 Å². The van der Waals surface area contributed by atoms with Crippen LogP contribution in [0.4, 0.5) is 0 Å². The van der Waals surface area contributed by atoms with E-state index in [1.807, 2.05) is 13.8 Å². The molecule has 0 aromatic heterocycles. The van der Waals surface area contributed by atoms with Gasteiger partial charge in [0.25, 0.3) is 0 Å². The largest absolute Gasteiger partial charge is 0.387 e. The second kappa shape index (κ2) is 9.48. The van der Waals surface area contributed by atoms with E-state index in [0.29, 0.717) is 5.71 Å². The Bertz CT molecular complexity index is 227. The Morgan fingerprint density at radius 1 is 1.44 bits per heavy atom. The third-order valence-electron chi connectivity index (χ3n) is 2.44. The van der Waals surface area contributed by atoms with Gasteiger partial charge < -0.3 is 9.84 Å². The minimum Gasteiger partial charge on any atom is -0.387 e. The molecule has 94 valence electrons. The molecule has 0 aliphatic carbocycles. The highest BCUT2D eigenvalue weighted by atomic mass is 16.5. The maximum Gasteiger partial charge on any atom is 0.146 e. The molecular weight excluding hydrogens is 204 g/mol. The number of nitrogens with zero attached hydrogens (tertiary/aromatic N) is 2. The number of aliphatic hydroxyl groups is 1. The summed E-state index contributed by atoms with van der Waals surface area (Å²) in [7, 11) is 1.60. The van der Waals surface area contributed by atoms with Crippen LogP contribution >= 0.6 is 0 Å². The van der Waals surface area contributed by atoms with E-state index >= 15 is 0 Å². The number of aliphatic hydroxyl groups excluding tert-OH is 1. The van der Waals surface area contributed by atoms with Gasteiger partial charge in [0.2, 0.25) is 0 Å². The Balaban J connectivity index is 3.96. The summed E-state index contributed by atoms with van der Waals surface area (Å²) in [6.07, 6.45) is 4.94. The summed E-state index contributed by atoms with van der Waals surface area (Å²) in [5.74, 6) is 0. The predicted octanol–water partition coefficient (Wildman–Crippen LogP) is 2.41. The molecule has 0 aliphatic heterocycles. The van der Waals surface area contributed by atoms with Gasteiger partial charge in [-0.1, -0.05) is 26.2 Å². The minimum atomic E-state index is -0.448. The molecule has 0 radical (unpaired) electrons. The summed E-state index contributed by atoms with van der Waals surface area (Å²) in [6, 6.07) is 0. The fourth-order valence-electron chi connectivity index (χ4n) is 1.16. The van der Waals surface area contributed by atoms with Gasteiger partial charge in [-0.2, -0.15) is 0 Å². The summed E-state index contributed by atoms with van der Waals surface area (Å²) < 4.78 is 4.94. The third kappa shape index (κ3) is 7.54. The second-order valence-electron chi connectivity index (χ2n) is 3.88. The molecule has 0 aromatic carbocycles. The fraction of sp³-hybridized carbons (Fsp3) is 0.833. The number of hydrogen-bond acceptors (Lipinski definition) is 3. The molecule has 0 amide bonds. The summed E-state index contributed by atoms with van der Waals surface area (Å²) in [4.78, 5) is 8.10. The van der Waals surface area contributed by atoms with Gasteiger partial charge in [-0.15, -0.1) is 0 Å². The Labute approximate surface area is 98.5 Å². The van der Waals surface area contributed by atoms with Crippen molar-refractivity contribution in [2.45, 2.75) is 58.8 Å². The third-order valence-corrected chi connectivity index (χ3v) is 2.44. The molecule has 0 bridgehead atoms. The van der Waals surface area contributed by atoms with Gasteiger partial charge in [-0.3, -0.25) is 0 Å². The fourth-order valence-corrected chi connectivity index (χ4v) is 1.16. The van der Waals surface area contributed by atoms with Crippen molar-refractivity contribution >= 4 is 12.1 Å². The van der Waals surface area contributed by atoms with Gasteiger partial charge in [0.05, 0.1) is 6.10 Å². The molecule has 0 heterocycles. The maximum atomic E-state index is 9.74. The Kier molecular flexibility index (Phi) is 9.04. The average molecular weight is 228 g/mol. The van der Waals surface area contributed by atoms with Gasteiger partial charge in [0.15, 0.2) is 0 Å². The summed E-state index contributed by atoms with van der Waals surface area (Å²) in [6.45, 7) is 5.80. The molecular formula is C12H24N2O2. The highest BCUT2D eigenvalue weighted by Crippen LogP contribution is 2.04. The van der Waals surface area contributed by atoms with Gasteiger partial charge in [-0.05, 0) is 20.3 Å². The standard InChI is InChI=1S/C12H24N2O2/c1-5-6-7-8-12(15)10(2)13-9-14-11(3)16-4/h9,11-12,15H,5-8H2,1-4H3/t11?,12-/m1/s1. The van der Waals surface area contributed by atoms with Crippen LogP contribution < -0.4 is 0 Å². The zero-order valence-electron chi connectivity index (χ0n) is 10.8. The summed E-state index contributed by atoms with van der Waals surface area (Å²) in [5, 5.41) is 9.74. The van der Waals surface area contributed by atoms with Crippen LogP contribution in [0.1, 0.15) is 46.5 Å². The minimum absolute atomic E-state index is 0.186. The Morgan fingerprint density at radius 2 is 2.12 bits per heavy atom. The van der Waals surface area contributed by atoms with Crippen LogP contribution in [-0.2, 0) is 4.74 Å². The molecule has 16 heavy (non-hydrogen) atoms. The van der Waals surface area contributed by atoms with Crippen LogP contribution in [0.3, 0.4) is 0 Å². The van der Waals surface area contributed by atoms with Crippen molar-refractivity contribution in [2.24, 2.45) is 9.98 Å². The monoisotopic (exact) mass is 228 g/mol. The normalized spacial score (nSPS) is 16.7. The molecule has 0 aliphatic rings. The topological polar surface area (TPSA) is 54.2 Å². The second-order valence-corrected chi connectivity index (χ2v) is 3.88. The maximum absolute atomic E-state index is 9.74. The number of rotatable bonds is 8. The molecule has 0 saturated carbocycles. The molecule has 0 fully saturated rings. The molecule has 1 unspecified atom stereocenters. The van der Waals surface area contributed by atoms with E-state index in [1.54, 1.807) is 7.11 Å². The molecule has 0 aromatic rings. The first-order valence-corrected chi connectivity index (χ1v) is 5.88. The molecule has 4 nitrogen and oxygen atoms in total. The van der Waals surface area contributed by atoms with E-state index in [-0.39, 0.29) is 6.23 Å². The zero-order chi connectivity index (χ0) is 12.4. The van der Waals surface area contributed by atoms with E-state index in [2.05, 4.69) is 16.9 Å². The van der Waals surface area contributed by atoms with E-state index in [1.165, 1.54) is 6.34 Å². The number of ether oxygens (including phenoxy) is 1. The Hall–Kier alpha value is -0.740. The lowest BCUT2D eigenvalue weighted by Crippen LogP contribution is -2.17. The summed E-state index contributed by atoms with van der Waals surface area (Å²) >= 11 is 0. The van der Waals surface area contributed by atoms with Crippen LogP contribution in [0.25, 0.3) is 0 Å². The SMILES string of the molecule is CCCCC[C@@H](O)C(C)=NC=NC(C)OC. The first-order chi connectivity index (χ1) is 7.61. The number of unbranched alkanes of at least 4 members (excludes halogenated alkanes) is 2. The van der Waals surface area contributed by atoms with Gasteiger partial charge >= 0.3 is 0 Å². The van der Waals surface area contributed by atoms with E-state index < -0.39 is 6.10 Å². The van der Waals surface area contributed by atoms with Gasteiger partial charge in [0.1, 0.15) is 12.6 Å². The molecule has 0 saturated heterocycles. The number of methoxy groups -OCH3 is 1. The lowest BCUT2D eigenvalue weighted by molar-refractivity contribution is 0.126. The molecule has 1 N–H and O–H groups in total. The smallest absolute Gasteiger partial charge is 0.146 e. The van der Waals surface area contributed by atoms with E-state index in [0.717, 1.165) is 25.7 Å². The molecule has 4 heteroatoms. The number of hydrogen-bond donors (Lipinski definition) is 1. The lowest BCUT2D eigenvalue weighted by atomic mass is 10.1. The van der Waals surface area contributed by atoms with Crippen LogP contribution in [0.2, 0.25) is 0 Å². The van der Waals surface area contributed by atoms with Crippen molar-refractivity contribution in [2.75, 3.05) is 7.11 Å². The molecule has 0 spiro atoms. The van der Waals surface area contributed by atoms with Crippen molar-refractivity contribution in [1.82, 2.24) is 0 Å². The summed E-state index contributed by atoms with van der Waals surface area (Å²) in [5.41, 5.74) is 0.711. The van der Waals surface area contributed by atoms with Crippen LogP contribution in [0, 0.1) is 0 Å². The highest BCUT2D eigenvalue weighted by molar-refractivity contribution is 5.91. The first-order valence-electron chi connectivity index (χ1n) is 5.88. The van der Waals surface area contributed by atoms with E-state index in [9.17, 15) is 5.11 Å². The molecule has 2 atom stereocenters. The van der Waals surface area contributed by atoms with Crippen LogP contribution in [-0.4, -0.2) is 36.6 Å². The van der Waals surface area contributed by atoms with Gasteiger partial charge in [0, 0.05) is 12.8 Å². The van der Waals surface area contributed by atoms with Crippen molar-refractivity contribution in [3.63, 3.8) is 0 Å². The number of aliphatic imine (C=N–C) groups is 2. The molecule has 0 rings (SSSR count). The van der Waals surface area contributed by atoms with Crippen molar-refractivity contribution < 1.29 is 9.84 Å². The predicted molar refractivity (Wildman–Crippen MR) is 68.2 cm³/mol. The first kappa shape index (κ1) is 15.3.